The van der Waals surface area contributed by atoms with Gasteiger partial charge in [-0.2, -0.15) is 4.98 Å². The molecule has 0 aliphatic heterocycles. The molecule has 6 heteroatoms. The van der Waals surface area contributed by atoms with Crippen LogP contribution in [-0.4, -0.2) is 21.8 Å². The zero-order chi connectivity index (χ0) is 14.7. The van der Waals surface area contributed by atoms with Crippen LogP contribution in [-0.2, 0) is 0 Å². The highest BCUT2D eigenvalue weighted by molar-refractivity contribution is 5.55. The molecule has 1 heterocycles. The van der Waals surface area contributed by atoms with Crippen molar-refractivity contribution in [3.8, 4) is 17.1 Å². The monoisotopic (exact) mass is 279 g/mol. The van der Waals surface area contributed by atoms with Crippen LogP contribution in [0.25, 0.3) is 11.4 Å². The molecule has 0 amide bonds. The van der Waals surface area contributed by atoms with Gasteiger partial charge in [-0.1, -0.05) is 19.0 Å². The third-order valence-corrected chi connectivity index (χ3v) is 3.04. The average Bonchev–Trinajstić information content (AvgIpc) is 2.88. The smallest absolute Gasteiger partial charge is 0.231 e. The third kappa shape index (κ3) is 3.14. The number of nitrogens with two attached hydrogens (primary N) is 1. The molecule has 1 aromatic carbocycles. The number of hydrogen-bond acceptors (Lipinski definition) is 5. The summed E-state index contributed by atoms with van der Waals surface area (Å²) in [6.07, 6.45) is 0.849. The van der Waals surface area contributed by atoms with Gasteiger partial charge in [-0.3, -0.25) is 0 Å². The highest BCUT2D eigenvalue weighted by Crippen LogP contribution is 2.26. The van der Waals surface area contributed by atoms with Crippen LogP contribution in [0, 0.1) is 11.7 Å². The minimum absolute atomic E-state index is 0.00166. The number of aromatic nitrogens is 2. The van der Waals surface area contributed by atoms with Crippen molar-refractivity contribution in [2.24, 2.45) is 11.7 Å². The topological polar surface area (TPSA) is 85.2 Å². The van der Waals surface area contributed by atoms with Crippen LogP contribution in [0.2, 0.25) is 0 Å². The van der Waals surface area contributed by atoms with Gasteiger partial charge in [0, 0.05) is 12.1 Å². The number of halogens is 1. The van der Waals surface area contributed by atoms with E-state index in [1.165, 1.54) is 18.2 Å². The lowest BCUT2D eigenvalue weighted by Crippen LogP contribution is -2.15. The molecule has 0 saturated carbocycles. The minimum Gasteiger partial charge on any atom is -0.505 e. The molecule has 0 bridgehead atoms. The third-order valence-electron chi connectivity index (χ3n) is 3.04. The molecule has 0 aliphatic carbocycles. The Labute approximate surface area is 116 Å². The summed E-state index contributed by atoms with van der Waals surface area (Å²) in [6, 6.07) is 3.96. The van der Waals surface area contributed by atoms with Gasteiger partial charge < -0.3 is 15.4 Å². The molecule has 5 nitrogen and oxygen atoms in total. The molecule has 0 radical (unpaired) electrons. The van der Waals surface area contributed by atoms with Crippen LogP contribution in [0.5, 0.6) is 5.75 Å². The highest BCUT2D eigenvalue weighted by atomic mass is 19.1. The minimum atomic E-state index is -0.716. The van der Waals surface area contributed by atoms with Crippen molar-refractivity contribution in [1.82, 2.24) is 10.1 Å². The molecule has 1 aromatic heterocycles. The Hall–Kier alpha value is -1.95. The van der Waals surface area contributed by atoms with E-state index in [-0.39, 0.29) is 5.92 Å². The number of aromatic hydroxyl groups is 1. The van der Waals surface area contributed by atoms with Crippen LogP contribution in [0.1, 0.15) is 32.1 Å². The summed E-state index contributed by atoms with van der Waals surface area (Å²) in [7, 11) is 0. The Balaban J connectivity index is 2.25. The lowest BCUT2D eigenvalue weighted by atomic mass is 9.97. The Bertz CT molecular complexity index is 584. The molecule has 20 heavy (non-hydrogen) atoms. The predicted octanol–water partition coefficient (Wildman–Crippen LogP) is 2.67. The number of nitrogens with zero attached hydrogens (tertiary/aromatic N) is 2. The van der Waals surface area contributed by atoms with Crippen molar-refractivity contribution in [3.05, 3.63) is 29.9 Å². The fourth-order valence-corrected chi connectivity index (χ4v) is 2.03. The van der Waals surface area contributed by atoms with Crippen LogP contribution in [0.3, 0.4) is 0 Å². The van der Waals surface area contributed by atoms with E-state index in [1.54, 1.807) is 0 Å². The zero-order valence-corrected chi connectivity index (χ0v) is 11.5. The first kappa shape index (κ1) is 14.5. The summed E-state index contributed by atoms with van der Waals surface area (Å²) in [5.74, 6) is 0.0949. The molecule has 108 valence electrons. The molecular weight excluding hydrogens is 261 g/mol. The molecule has 2 aromatic rings. The van der Waals surface area contributed by atoms with E-state index in [9.17, 15) is 4.39 Å². The first-order valence-corrected chi connectivity index (χ1v) is 6.53. The first-order chi connectivity index (χ1) is 9.51. The SMILES string of the molecule is CC(C)CC(CN)c1nc(-c2ccc(O)c(F)c2)no1. The first-order valence-electron chi connectivity index (χ1n) is 6.53. The maximum atomic E-state index is 13.3. The van der Waals surface area contributed by atoms with Crippen molar-refractivity contribution in [1.29, 1.82) is 0 Å². The van der Waals surface area contributed by atoms with E-state index < -0.39 is 11.6 Å². The van der Waals surface area contributed by atoms with Gasteiger partial charge in [-0.15, -0.1) is 0 Å². The van der Waals surface area contributed by atoms with E-state index in [4.69, 9.17) is 15.4 Å². The van der Waals surface area contributed by atoms with Gasteiger partial charge in [-0.05, 0) is 30.5 Å². The predicted molar refractivity (Wildman–Crippen MR) is 72.6 cm³/mol. The van der Waals surface area contributed by atoms with Gasteiger partial charge in [-0.25, -0.2) is 4.39 Å². The van der Waals surface area contributed by atoms with E-state index in [1.807, 2.05) is 0 Å². The second-order valence-corrected chi connectivity index (χ2v) is 5.18. The number of phenolic OH excluding ortho intramolecular Hbond substituents is 1. The number of benzene rings is 1. The van der Waals surface area contributed by atoms with E-state index in [2.05, 4.69) is 24.0 Å². The fourth-order valence-electron chi connectivity index (χ4n) is 2.03. The largest absolute Gasteiger partial charge is 0.505 e. The molecule has 1 atom stereocenters. The number of phenols is 1. The molecule has 1 unspecified atom stereocenters. The van der Waals surface area contributed by atoms with Crippen molar-refractivity contribution in [2.75, 3.05) is 6.54 Å². The number of hydrogen-bond donors (Lipinski definition) is 2. The van der Waals surface area contributed by atoms with Gasteiger partial charge in [0.05, 0.1) is 5.92 Å². The van der Waals surface area contributed by atoms with Gasteiger partial charge in [0.15, 0.2) is 11.6 Å². The van der Waals surface area contributed by atoms with Crippen LogP contribution in [0.15, 0.2) is 22.7 Å². The van der Waals surface area contributed by atoms with Gasteiger partial charge >= 0.3 is 0 Å². The molecule has 3 N–H and O–H groups in total. The maximum absolute atomic E-state index is 13.3. The van der Waals surface area contributed by atoms with Crippen LogP contribution >= 0.6 is 0 Å². The zero-order valence-electron chi connectivity index (χ0n) is 11.5. The summed E-state index contributed by atoms with van der Waals surface area (Å²) in [6.45, 7) is 4.61. The van der Waals surface area contributed by atoms with E-state index in [0.717, 1.165) is 6.42 Å². The van der Waals surface area contributed by atoms with Crippen molar-refractivity contribution in [3.63, 3.8) is 0 Å². The Kier molecular flexibility index (Phi) is 4.34. The van der Waals surface area contributed by atoms with Crippen LogP contribution in [0.4, 0.5) is 4.39 Å². The lowest BCUT2D eigenvalue weighted by Gasteiger charge is -2.11. The Morgan fingerprint density at radius 1 is 1.40 bits per heavy atom. The molecule has 0 spiro atoms. The molecule has 2 rings (SSSR count). The second kappa shape index (κ2) is 6.00. The molecule has 0 fully saturated rings. The second-order valence-electron chi connectivity index (χ2n) is 5.18. The fraction of sp³-hybridized carbons (Fsp3) is 0.429. The van der Waals surface area contributed by atoms with E-state index >= 15 is 0 Å². The normalized spacial score (nSPS) is 12.8. The highest BCUT2D eigenvalue weighted by Gasteiger charge is 2.19. The van der Waals surface area contributed by atoms with E-state index in [0.29, 0.717) is 29.7 Å². The van der Waals surface area contributed by atoms with Gasteiger partial charge in [0.2, 0.25) is 11.7 Å². The quantitative estimate of drug-likeness (QED) is 0.878. The molecule has 0 aliphatic rings. The van der Waals surface area contributed by atoms with Crippen molar-refractivity contribution in [2.45, 2.75) is 26.2 Å². The van der Waals surface area contributed by atoms with Crippen molar-refractivity contribution >= 4 is 0 Å². The summed E-state index contributed by atoms with van der Waals surface area (Å²) in [4.78, 5) is 4.27. The Morgan fingerprint density at radius 2 is 2.15 bits per heavy atom. The average molecular weight is 279 g/mol. The van der Waals surface area contributed by atoms with Gasteiger partial charge in [0.25, 0.3) is 0 Å². The molecule has 0 saturated heterocycles. The summed E-state index contributed by atoms with van der Waals surface area (Å²) in [5, 5.41) is 13.0. The summed E-state index contributed by atoms with van der Waals surface area (Å²) >= 11 is 0. The van der Waals surface area contributed by atoms with Crippen LogP contribution < -0.4 is 5.73 Å². The van der Waals surface area contributed by atoms with Gasteiger partial charge in [0.1, 0.15) is 0 Å². The standard InChI is InChI=1S/C14H18FN3O2/c1-8(2)5-10(7-16)14-17-13(18-20-14)9-3-4-12(19)11(15)6-9/h3-4,6,8,10,19H,5,7,16H2,1-2H3. The molecular formula is C14H18FN3O2. The van der Waals surface area contributed by atoms with Crippen molar-refractivity contribution < 1.29 is 14.0 Å². The lowest BCUT2D eigenvalue weighted by molar-refractivity contribution is 0.335. The summed E-state index contributed by atoms with van der Waals surface area (Å²) < 4.78 is 18.5. The summed E-state index contributed by atoms with van der Waals surface area (Å²) in [5.41, 5.74) is 6.18. The Morgan fingerprint density at radius 3 is 2.75 bits per heavy atom. The maximum Gasteiger partial charge on any atom is 0.231 e. The number of rotatable bonds is 5.